The molecule has 0 radical (unpaired) electrons. The van der Waals surface area contributed by atoms with Crippen LogP contribution in [0.25, 0.3) is 16.6 Å². The molecule has 4 N–H and O–H groups in total. The van der Waals surface area contributed by atoms with E-state index < -0.39 is 0 Å². The second kappa shape index (κ2) is 25.1. The van der Waals surface area contributed by atoms with Crippen molar-refractivity contribution in [3.05, 3.63) is 185 Å². The number of rotatable bonds is 29. The third-order valence-electron chi connectivity index (χ3n) is 18.7. The molecule has 1 aromatic heterocycles. The van der Waals surface area contributed by atoms with Gasteiger partial charge < -0.3 is 31.1 Å². The van der Waals surface area contributed by atoms with Crippen LogP contribution in [0.15, 0.2) is 152 Å². The van der Waals surface area contributed by atoms with Crippen molar-refractivity contribution in [2.24, 2.45) is 29.6 Å². The molecule has 410 valence electrons. The number of fused-ring (bicyclic) bond motifs is 4. The van der Waals surface area contributed by atoms with Crippen LogP contribution in [0, 0.1) is 36.5 Å². The highest BCUT2D eigenvalue weighted by Gasteiger charge is 2.41. The predicted octanol–water partition coefficient (Wildman–Crippen LogP) is 15.3. The van der Waals surface area contributed by atoms with Gasteiger partial charge in [-0.25, -0.2) is 4.98 Å². The van der Waals surface area contributed by atoms with Crippen molar-refractivity contribution in [3.8, 4) is 0 Å². The van der Waals surface area contributed by atoms with Gasteiger partial charge in [-0.2, -0.15) is 0 Å². The van der Waals surface area contributed by atoms with Crippen molar-refractivity contribution in [2.75, 3.05) is 19.6 Å². The van der Waals surface area contributed by atoms with Gasteiger partial charge in [0.2, 0.25) is 0 Å². The molecule has 1 saturated heterocycles. The maximum Gasteiger partial charge on any atom is 0.0928 e. The second-order valence-corrected chi connectivity index (χ2v) is 24.5. The summed E-state index contributed by atoms with van der Waals surface area (Å²) in [4.78, 5) is 10.4. The van der Waals surface area contributed by atoms with E-state index in [-0.39, 0.29) is 12.1 Å². The number of aromatic nitrogens is 1. The highest BCUT2D eigenvalue weighted by molar-refractivity contribution is 7.27. The molecule has 77 heavy (non-hydrogen) atoms. The SMILES string of the molecule is C=C(CCCCCN1C(=C)CC(C(CC)CC)C1=C)NCCC(=C)NC(CC(=C)NCCC(CC1CC1)C(=C)NC1CCc2c(C)c(P)cc3nc4c(c1c23)CN1C(=C)C2=C(C=C41)C(CC)C(=C)CC2)Cc1ccccc1. The third kappa shape index (κ3) is 12.7. The summed E-state index contributed by atoms with van der Waals surface area (Å²) in [6, 6.07) is 13.4. The molecule has 3 aromatic rings. The number of hydrogen-bond acceptors (Lipinski definition) is 7. The zero-order valence-corrected chi connectivity index (χ0v) is 49.1. The van der Waals surface area contributed by atoms with Gasteiger partial charge in [-0.15, -0.1) is 9.24 Å². The monoisotopic (exact) mass is 1050 g/mol. The fourth-order valence-corrected chi connectivity index (χ4v) is 14.3. The van der Waals surface area contributed by atoms with E-state index in [1.54, 1.807) is 0 Å². The Morgan fingerprint density at radius 1 is 0.857 bits per heavy atom. The Kier molecular flexibility index (Phi) is 18.3. The summed E-state index contributed by atoms with van der Waals surface area (Å²) in [5, 5.41) is 18.0. The third-order valence-corrected chi connectivity index (χ3v) is 19.3. The Bertz CT molecular complexity index is 2850. The molecular formula is C69H94N7P. The first-order chi connectivity index (χ1) is 37.2. The fourth-order valence-electron chi connectivity index (χ4n) is 14.0. The van der Waals surface area contributed by atoms with Gasteiger partial charge in [-0.1, -0.05) is 141 Å². The number of pyridine rings is 1. The second-order valence-electron chi connectivity index (χ2n) is 23.9. The van der Waals surface area contributed by atoms with Crippen molar-refractivity contribution in [2.45, 2.75) is 168 Å². The number of nitrogens with zero attached hydrogens (tertiary/aromatic N) is 3. The van der Waals surface area contributed by atoms with Gasteiger partial charge in [0, 0.05) is 101 Å². The number of unbranched alkanes of at least 4 members (excludes halogenated alkanes) is 2. The largest absolute Gasteiger partial charge is 0.389 e. The minimum absolute atomic E-state index is 0.158. The van der Waals surface area contributed by atoms with Crippen molar-refractivity contribution >= 4 is 31.1 Å². The van der Waals surface area contributed by atoms with E-state index in [9.17, 15) is 0 Å². The number of aryl methyl sites for hydroxylation is 1. The number of nitrogens with one attached hydrogen (secondary N) is 4. The lowest BCUT2D eigenvalue weighted by Gasteiger charge is -2.37. The predicted molar refractivity (Wildman–Crippen MR) is 332 cm³/mol. The van der Waals surface area contributed by atoms with Crippen molar-refractivity contribution in [1.29, 1.82) is 0 Å². The van der Waals surface area contributed by atoms with Gasteiger partial charge >= 0.3 is 0 Å². The van der Waals surface area contributed by atoms with Crippen LogP contribution in [-0.2, 0) is 19.4 Å². The zero-order chi connectivity index (χ0) is 54.5. The smallest absolute Gasteiger partial charge is 0.0928 e. The summed E-state index contributed by atoms with van der Waals surface area (Å²) in [5.74, 6) is 2.78. The molecule has 8 heteroatoms. The van der Waals surface area contributed by atoms with Crippen LogP contribution in [-0.4, -0.2) is 40.5 Å². The summed E-state index contributed by atoms with van der Waals surface area (Å²) < 4.78 is 0. The van der Waals surface area contributed by atoms with Crippen molar-refractivity contribution < 1.29 is 0 Å². The van der Waals surface area contributed by atoms with Crippen molar-refractivity contribution in [1.82, 2.24) is 36.1 Å². The quantitative estimate of drug-likeness (QED) is 0.0314. The van der Waals surface area contributed by atoms with E-state index in [0.717, 1.165) is 150 Å². The van der Waals surface area contributed by atoms with Crippen LogP contribution in [0.2, 0.25) is 0 Å². The topological polar surface area (TPSA) is 67.5 Å². The number of likely N-dealkylation sites (tertiary alicyclic amines) is 1. The van der Waals surface area contributed by atoms with Gasteiger partial charge in [-0.3, -0.25) is 0 Å². The first kappa shape index (κ1) is 56.2. The molecule has 0 spiro atoms. The fraction of sp³-hybridized carbons (Fsp3) is 0.493. The minimum Gasteiger partial charge on any atom is -0.389 e. The molecule has 6 aliphatic rings. The first-order valence-corrected chi connectivity index (χ1v) is 30.5. The maximum absolute atomic E-state index is 5.56. The van der Waals surface area contributed by atoms with Gasteiger partial charge in [0.1, 0.15) is 0 Å². The summed E-state index contributed by atoms with van der Waals surface area (Å²) in [7, 11) is 3.01. The number of benzene rings is 2. The lowest BCUT2D eigenvalue weighted by Crippen LogP contribution is -2.34. The molecule has 4 heterocycles. The molecule has 0 amide bonds. The minimum atomic E-state index is 0.158. The highest BCUT2D eigenvalue weighted by Crippen LogP contribution is 2.52. The van der Waals surface area contributed by atoms with Crippen LogP contribution in [0.4, 0.5) is 0 Å². The zero-order valence-electron chi connectivity index (χ0n) is 47.9. The van der Waals surface area contributed by atoms with Crippen LogP contribution >= 0.6 is 9.24 Å². The van der Waals surface area contributed by atoms with Gasteiger partial charge in [0.15, 0.2) is 0 Å². The number of hydrogen-bond donors (Lipinski definition) is 4. The maximum atomic E-state index is 5.56. The normalized spacial score (nSPS) is 20.5. The molecular weight excluding hydrogens is 958 g/mol. The van der Waals surface area contributed by atoms with Crippen molar-refractivity contribution in [3.63, 3.8) is 0 Å². The molecule has 6 unspecified atom stereocenters. The van der Waals surface area contributed by atoms with Gasteiger partial charge in [0.05, 0.1) is 29.5 Å². The highest BCUT2D eigenvalue weighted by atomic mass is 31.0. The molecule has 7 nitrogen and oxygen atoms in total. The molecule has 9 rings (SSSR count). The Hall–Kier alpha value is -5.52. The summed E-state index contributed by atoms with van der Waals surface area (Å²) in [6.45, 7) is 49.3. The average Bonchev–Trinajstić information content (AvgIpc) is 4.13. The average molecular weight is 1050 g/mol. The van der Waals surface area contributed by atoms with Crippen LogP contribution in [0.3, 0.4) is 0 Å². The molecule has 3 aliphatic carbocycles. The Labute approximate surface area is 467 Å². The van der Waals surface area contributed by atoms with Gasteiger partial charge in [0.25, 0.3) is 0 Å². The Morgan fingerprint density at radius 2 is 1.62 bits per heavy atom. The Balaban J connectivity index is 0.789. The molecule has 2 aromatic carbocycles. The first-order valence-electron chi connectivity index (χ1n) is 29.9. The lowest BCUT2D eigenvalue weighted by molar-refractivity contribution is 0.344. The molecule has 3 aliphatic heterocycles. The molecule has 1 saturated carbocycles. The van der Waals surface area contributed by atoms with E-state index >= 15 is 0 Å². The van der Waals surface area contributed by atoms with Gasteiger partial charge in [-0.05, 0) is 153 Å². The summed E-state index contributed by atoms with van der Waals surface area (Å²) >= 11 is 0. The standard InChI is InChI=1S/C69H94N7P/c1-13-54(14-2)60-37-47(8)75(51(60)12)35-21-17-18-22-44(5)70-33-31-45(6)72-56(39-52-23-19-16-20-24-52)36-46(7)71-34-32-55(38-53-26-27-53)49(10)73-63-30-29-58-48(9)66(77)41-64-67(58)68(63)62-42-76-50(11)59-28-25-43(4)57(15-3)61(59)40-65(76)69(62)74-64/h16,19-20,23-24,40-41,53-57,60,63,70-73H,4-8,10-15,17-18,21-22,25-39,42,77H2,1-3,9H3. The molecule has 2 fully saturated rings. The summed E-state index contributed by atoms with van der Waals surface area (Å²) in [5.41, 5.74) is 22.6. The van der Waals surface area contributed by atoms with E-state index in [4.69, 9.17) is 18.1 Å². The summed E-state index contributed by atoms with van der Waals surface area (Å²) in [6.07, 6.45) is 22.9. The lowest BCUT2D eigenvalue weighted by atomic mass is 9.75. The van der Waals surface area contributed by atoms with E-state index in [2.05, 4.69) is 150 Å². The van der Waals surface area contributed by atoms with Crippen LogP contribution < -0.4 is 26.6 Å². The van der Waals surface area contributed by atoms with Crippen LogP contribution in [0.1, 0.15) is 169 Å². The van der Waals surface area contributed by atoms with Crippen LogP contribution in [0.5, 0.6) is 0 Å². The molecule has 6 atom stereocenters. The van der Waals surface area contributed by atoms with E-state index in [1.165, 1.54) is 117 Å². The molecule has 0 bridgehead atoms. The Morgan fingerprint density at radius 3 is 2.36 bits per heavy atom. The van der Waals surface area contributed by atoms with E-state index in [1.807, 2.05) is 0 Å². The number of allylic oxidation sites excluding steroid dienone is 8. The van der Waals surface area contributed by atoms with E-state index in [0.29, 0.717) is 23.7 Å².